The van der Waals surface area contributed by atoms with Crippen molar-refractivity contribution in [2.75, 3.05) is 13.1 Å². The lowest BCUT2D eigenvalue weighted by Gasteiger charge is -2.25. The highest BCUT2D eigenvalue weighted by atomic mass is 16.3. The third-order valence-corrected chi connectivity index (χ3v) is 3.29. The Morgan fingerprint density at radius 2 is 2.31 bits per heavy atom. The van der Waals surface area contributed by atoms with E-state index in [0.717, 1.165) is 37.8 Å². The maximum absolute atomic E-state index is 9.13. The molecule has 1 aliphatic rings. The van der Waals surface area contributed by atoms with Crippen LogP contribution in [0.25, 0.3) is 0 Å². The molecule has 16 heavy (non-hydrogen) atoms. The fraction of sp³-hybridized carbons (Fsp3) is 0.857. The summed E-state index contributed by atoms with van der Waals surface area (Å²) >= 11 is 0. The summed E-state index contributed by atoms with van der Waals surface area (Å²) in [6, 6.07) is 0. The maximum atomic E-state index is 9.13. The zero-order chi connectivity index (χ0) is 12.0. The Hall–Kier alpha value is -0.340. The average Bonchev–Trinajstić information content (AvgIpc) is 2.15. The number of nitrogens with one attached hydrogen (secondary N) is 1. The van der Waals surface area contributed by atoms with Crippen LogP contribution in [-0.2, 0) is 0 Å². The van der Waals surface area contributed by atoms with Gasteiger partial charge in [-0.15, -0.1) is 0 Å². The van der Waals surface area contributed by atoms with Crippen molar-refractivity contribution in [1.29, 1.82) is 0 Å². The Balaban J connectivity index is 2.08. The first kappa shape index (κ1) is 13.7. The van der Waals surface area contributed by atoms with Gasteiger partial charge < -0.3 is 10.4 Å². The highest BCUT2D eigenvalue weighted by molar-refractivity contribution is 5.06. The minimum Gasteiger partial charge on any atom is -0.393 e. The lowest BCUT2D eigenvalue weighted by molar-refractivity contribution is 0.181. The molecule has 0 bridgehead atoms. The van der Waals surface area contributed by atoms with Gasteiger partial charge in [0.25, 0.3) is 0 Å². The fourth-order valence-electron chi connectivity index (χ4n) is 2.67. The second kappa shape index (κ2) is 7.08. The van der Waals surface area contributed by atoms with Crippen molar-refractivity contribution in [2.24, 2.45) is 11.8 Å². The maximum Gasteiger partial charge on any atom is 0.0512 e. The molecule has 1 rings (SSSR count). The van der Waals surface area contributed by atoms with Crippen molar-refractivity contribution in [3.8, 4) is 0 Å². The standard InChI is InChI=1S/C14H27NO/c1-11-7-12(2)9-14(8-11)10-15-6-4-5-13(3)16/h7,11,13-16H,4-6,8-10H2,1-3H3. The molecule has 0 aliphatic heterocycles. The van der Waals surface area contributed by atoms with E-state index in [9.17, 15) is 0 Å². The summed E-state index contributed by atoms with van der Waals surface area (Å²) in [6.45, 7) is 8.59. The number of hydrogen-bond acceptors (Lipinski definition) is 2. The summed E-state index contributed by atoms with van der Waals surface area (Å²) in [7, 11) is 0. The van der Waals surface area contributed by atoms with Crippen molar-refractivity contribution in [3.63, 3.8) is 0 Å². The van der Waals surface area contributed by atoms with E-state index in [-0.39, 0.29) is 6.10 Å². The Labute approximate surface area is 100 Å². The van der Waals surface area contributed by atoms with Gasteiger partial charge >= 0.3 is 0 Å². The quantitative estimate of drug-likeness (QED) is 0.538. The topological polar surface area (TPSA) is 32.3 Å². The van der Waals surface area contributed by atoms with Crippen LogP contribution >= 0.6 is 0 Å². The van der Waals surface area contributed by atoms with E-state index in [1.807, 2.05) is 6.92 Å². The lowest BCUT2D eigenvalue weighted by Crippen LogP contribution is -2.27. The molecule has 0 spiro atoms. The van der Waals surface area contributed by atoms with Crippen LogP contribution < -0.4 is 5.32 Å². The van der Waals surface area contributed by atoms with E-state index in [0.29, 0.717) is 0 Å². The van der Waals surface area contributed by atoms with Gasteiger partial charge in [0, 0.05) is 0 Å². The van der Waals surface area contributed by atoms with Crippen LogP contribution in [0.5, 0.6) is 0 Å². The van der Waals surface area contributed by atoms with Gasteiger partial charge in [0.1, 0.15) is 0 Å². The molecule has 3 unspecified atom stereocenters. The minimum absolute atomic E-state index is 0.151. The van der Waals surface area contributed by atoms with Crippen molar-refractivity contribution >= 4 is 0 Å². The van der Waals surface area contributed by atoms with E-state index < -0.39 is 0 Å². The molecule has 0 aromatic carbocycles. The predicted molar refractivity (Wildman–Crippen MR) is 69.4 cm³/mol. The van der Waals surface area contributed by atoms with Crippen LogP contribution in [0.1, 0.15) is 46.5 Å². The molecule has 0 fully saturated rings. The molecule has 1 aliphatic carbocycles. The number of allylic oxidation sites excluding steroid dienone is 2. The molecular weight excluding hydrogens is 198 g/mol. The van der Waals surface area contributed by atoms with E-state index >= 15 is 0 Å². The third-order valence-electron chi connectivity index (χ3n) is 3.29. The predicted octanol–water partition coefficient (Wildman–Crippen LogP) is 2.73. The van der Waals surface area contributed by atoms with Crippen LogP contribution in [0.4, 0.5) is 0 Å². The zero-order valence-electron chi connectivity index (χ0n) is 11.0. The van der Waals surface area contributed by atoms with Gasteiger partial charge in [0.15, 0.2) is 0 Å². The zero-order valence-corrected chi connectivity index (χ0v) is 11.0. The van der Waals surface area contributed by atoms with Gasteiger partial charge in [0.2, 0.25) is 0 Å². The van der Waals surface area contributed by atoms with Crippen molar-refractivity contribution in [3.05, 3.63) is 11.6 Å². The molecule has 3 atom stereocenters. The molecular formula is C14H27NO. The second-order valence-corrected chi connectivity index (χ2v) is 5.49. The molecule has 0 saturated heterocycles. The van der Waals surface area contributed by atoms with Gasteiger partial charge in [-0.1, -0.05) is 18.6 Å². The van der Waals surface area contributed by atoms with E-state index in [1.54, 1.807) is 5.57 Å². The minimum atomic E-state index is -0.151. The first-order chi connectivity index (χ1) is 7.58. The molecule has 0 radical (unpaired) electrons. The Kier molecular flexibility index (Phi) is 6.07. The van der Waals surface area contributed by atoms with Crippen molar-refractivity contribution in [1.82, 2.24) is 5.32 Å². The van der Waals surface area contributed by atoms with Gasteiger partial charge in [-0.3, -0.25) is 0 Å². The summed E-state index contributed by atoms with van der Waals surface area (Å²) in [4.78, 5) is 0. The Morgan fingerprint density at radius 1 is 1.56 bits per heavy atom. The number of aliphatic hydroxyl groups is 1. The van der Waals surface area contributed by atoms with Crippen LogP contribution in [0.2, 0.25) is 0 Å². The molecule has 2 heteroatoms. The molecule has 94 valence electrons. The second-order valence-electron chi connectivity index (χ2n) is 5.49. The Bertz CT molecular complexity index is 223. The summed E-state index contributed by atoms with van der Waals surface area (Å²) in [6.07, 6.45) is 6.82. The van der Waals surface area contributed by atoms with Crippen molar-refractivity contribution < 1.29 is 5.11 Å². The molecule has 0 saturated carbocycles. The van der Waals surface area contributed by atoms with Crippen LogP contribution in [0, 0.1) is 11.8 Å². The first-order valence-corrected chi connectivity index (χ1v) is 6.64. The van der Waals surface area contributed by atoms with Crippen LogP contribution in [-0.4, -0.2) is 24.3 Å². The highest BCUT2D eigenvalue weighted by Gasteiger charge is 2.17. The molecule has 0 aromatic rings. The normalized spacial score (nSPS) is 27.6. The Morgan fingerprint density at radius 3 is 2.94 bits per heavy atom. The van der Waals surface area contributed by atoms with Gasteiger partial charge in [-0.2, -0.15) is 0 Å². The smallest absolute Gasteiger partial charge is 0.0512 e. The summed E-state index contributed by atoms with van der Waals surface area (Å²) in [5.41, 5.74) is 1.55. The first-order valence-electron chi connectivity index (χ1n) is 6.64. The number of rotatable bonds is 6. The summed E-state index contributed by atoms with van der Waals surface area (Å²) in [5, 5.41) is 12.6. The van der Waals surface area contributed by atoms with Gasteiger partial charge in [-0.25, -0.2) is 0 Å². The lowest BCUT2D eigenvalue weighted by atomic mass is 9.84. The van der Waals surface area contributed by atoms with E-state index in [1.165, 1.54) is 12.8 Å². The summed E-state index contributed by atoms with van der Waals surface area (Å²) in [5.74, 6) is 1.56. The molecule has 0 aromatic heterocycles. The van der Waals surface area contributed by atoms with Crippen molar-refractivity contribution in [2.45, 2.75) is 52.6 Å². The molecule has 0 amide bonds. The monoisotopic (exact) mass is 225 g/mol. The molecule has 0 heterocycles. The highest BCUT2D eigenvalue weighted by Crippen LogP contribution is 2.27. The third kappa shape index (κ3) is 5.66. The van der Waals surface area contributed by atoms with Crippen LogP contribution in [0.3, 0.4) is 0 Å². The number of hydrogen-bond donors (Lipinski definition) is 2. The van der Waals surface area contributed by atoms with E-state index in [2.05, 4.69) is 25.2 Å². The molecule has 2 N–H and O–H groups in total. The fourth-order valence-corrected chi connectivity index (χ4v) is 2.67. The largest absolute Gasteiger partial charge is 0.393 e. The molecule has 2 nitrogen and oxygen atoms in total. The van der Waals surface area contributed by atoms with Gasteiger partial charge in [-0.05, 0) is 64.5 Å². The SMILES string of the molecule is CC1=CC(C)CC(CNCCCC(C)O)C1. The van der Waals surface area contributed by atoms with Gasteiger partial charge in [0.05, 0.1) is 6.10 Å². The van der Waals surface area contributed by atoms with Crippen LogP contribution in [0.15, 0.2) is 11.6 Å². The summed E-state index contributed by atoms with van der Waals surface area (Å²) < 4.78 is 0. The number of aliphatic hydroxyl groups excluding tert-OH is 1. The average molecular weight is 225 g/mol. The van der Waals surface area contributed by atoms with E-state index in [4.69, 9.17) is 5.11 Å².